The van der Waals surface area contributed by atoms with Crippen molar-refractivity contribution < 1.29 is 9.18 Å². The van der Waals surface area contributed by atoms with Gasteiger partial charge in [-0.2, -0.15) is 11.3 Å². The topological polar surface area (TPSA) is 32.3 Å². The molecule has 0 aliphatic carbocycles. The molecule has 1 aromatic heterocycles. The number of hydrogen-bond acceptors (Lipinski definition) is 3. The van der Waals surface area contributed by atoms with Gasteiger partial charge in [-0.15, -0.1) is 0 Å². The number of amides is 1. The van der Waals surface area contributed by atoms with Gasteiger partial charge in [0.25, 0.3) is 0 Å². The summed E-state index contributed by atoms with van der Waals surface area (Å²) < 4.78 is 13.0. The lowest BCUT2D eigenvalue weighted by Crippen LogP contribution is -2.31. The molecule has 22 heavy (non-hydrogen) atoms. The molecule has 1 fully saturated rings. The van der Waals surface area contributed by atoms with E-state index in [9.17, 15) is 9.18 Å². The van der Waals surface area contributed by atoms with Crippen molar-refractivity contribution in [2.45, 2.75) is 12.8 Å². The zero-order chi connectivity index (χ0) is 15.4. The van der Waals surface area contributed by atoms with Crippen molar-refractivity contribution in [3.05, 3.63) is 52.5 Å². The molecule has 1 amide bonds. The maximum atomic E-state index is 13.0. The van der Waals surface area contributed by atoms with Gasteiger partial charge in [-0.05, 0) is 59.0 Å². The predicted octanol–water partition coefficient (Wildman–Crippen LogP) is 3.07. The molecular weight excluding hydrogens is 299 g/mol. The number of carbonyl (C=O) groups excluding carboxylic acids is 1. The molecule has 0 spiro atoms. The standard InChI is InChI=1S/C17H19FN2OS/c18-15-1-3-16(4-2-15)20-7-5-14(11-20)10-19-17(21)9-13-6-8-22-12-13/h1-4,6,8,12,14H,5,7,9-11H2,(H,19,21)/t14-/m1/s1. The first-order valence-corrected chi connectivity index (χ1v) is 8.43. The number of carbonyl (C=O) groups is 1. The van der Waals surface area contributed by atoms with Gasteiger partial charge in [-0.3, -0.25) is 4.79 Å². The number of nitrogens with one attached hydrogen (secondary N) is 1. The number of halogens is 1. The number of anilines is 1. The first-order valence-electron chi connectivity index (χ1n) is 7.49. The second-order valence-corrected chi connectivity index (χ2v) is 6.47. The number of thiophene rings is 1. The Kier molecular flexibility index (Phi) is 4.73. The molecule has 2 aromatic rings. The van der Waals surface area contributed by atoms with Crippen LogP contribution in [-0.2, 0) is 11.2 Å². The third kappa shape index (κ3) is 3.85. The molecule has 1 aliphatic rings. The van der Waals surface area contributed by atoms with Crippen LogP contribution in [0.3, 0.4) is 0 Å². The van der Waals surface area contributed by atoms with E-state index in [2.05, 4.69) is 10.2 Å². The van der Waals surface area contributed by atoms with Gasteiger partial charge in [0.05, 0.1) is 6.42 Å². The number of benzene rings is 1. The lowest BCUT2D eigenvalue weighted by atomic mass is 10.1. The van der Waals surface area contributed by atoms with Crippen molar-refractivity contribution in [2.24, 2.45) is 5.92 Å². The zero-order valence-corrected chi connectivity index (χ0v) is 13.1. The first-order chi connectivity index (χ1) is 10.7. The van der Waals surface area contributed by atoms with E-state index < -0.39 is 0 Å². The molecule has 1 aliphatic heterocycles. The highest BCUT2D eigenvalue weighted by Crippen LogP contribution is 2.23. The lowest BCUT2D eigenvalue weighted by Gasteiger charge is -2.18. The van der Waals surface area contributed by atoms with Crippen LogP contribution >= 0.6 is 11.3 Å². The molecule has 1 N–H and O–H groups in total. The molecule has 3 rings (SSSR count). The summed E-state index contributed by atoms with van der Waals surface area (Å²) >= 11 is 1.61. The monoisotopic (exact) mass is 318 g/mol. The van der Waals surface area contributed by atoms with E-state index in [1.54, 1.807) is 11.3 Å². The molecule has 0 unspecified atom stereocenters. The maximum Gasteiger partial charge on any atom is 0.224 e. The fourth-order valence-corrected chi connectivity index (χ4v) is 3.45. The summed E-state index contributed by atoms with van der Waals surface area (Å²) in [6.07, 6.45) is 1.51. The summed E-state index contributed by atoms with van der Waals surface area (Å²) in [5, 5.41) is 7.01. The van der Waals surface area contributed by atoms with Crippen LogP contribution in [0.5, 0.6) is 0 Å². The van der Waals surface area contributed by atoms with E-state index >= 15 is 0 Å². The highest BCUT2D eigenvalue weighted by Gasteiger charge is 2.23. The van der Waals surface area contributed by atoms with Crippen LogP contribution < -0.4 is 10.2 Å². The maximum absolute atomic E-state index is 13.0. The Bertz CT molecular complexity index is 612. The summed E-state index contributed by atoms with van der Waals surface area (Å²) in [7, 11) is 0. The number of rotatable bonds is 5. The summed E-state index contributed by atoms with van der Waals surface area (Å²) in [5.41, 5.74) is 2.12. The van der Waals surface area contributed by atoms with E-state index in [4.69, 9.17) is 0 Å². The molecule has 0 bridgehead atoms. The first kappa shape index (κ1) is 15.0. The Morgan fingerprint density at radius 3 is 2.86 bits per heavy atom. The average molecular weight is 318 g/mol. The average Bonchev–Trinajstić information content (AvgIpc) is 3.17. The minimum atomic E-state index is -0.208. The van der Waals surface area contributed by atoms with Crippen LogP contribution in [0.15, 0.2) is 41.1 Å². The SMILES string of the molecule is O=C(Cc1ccsc1)NC[C@H]1CCN(c2ccc(F)cc2)C1. The van der Waals surface area contributed by atoms with Crippen LogP contribution in [0.4, 0.5) is 10.1 Å². The van der Waals surface area contributed by atoms with Crippen molar-refractivity contribution in [1.82, 2.24) is 5.32 Å². The Morgan fingerprint density at radius 1 is 1.32 bits per heavy atom. The molecule has 1 atom stereocenters. The van der Waals surface area contributed by atoms with Crippen molar-refractivity contribution in [3.8, 4) is 0 Å². The Labute approximate surface area is 133 Å². The van der Waals surface area contributed by atoms with Crippen LogP contribution in [-0.4, -0.2) is 25.5 Å². The van der Waals surface area contributed by atoms with E-state index in [0.29, 0.717) is 18.9 Å². The van der Waals surface area contributed by atoms with Gasteiger partial charge in [0, 0.05) is 25.3 Å². The van der Waals surface area contributed by atoms with E-state index in [-0.39, 0.29) is 11.7 Å². The lowest BCUT2D eigenvalue weighted by molar-refractivity contribution is -0.120. The number of hydrogen-bond donors (Lipinski definition) is 1. The van der Waals surface area contributed by atoms with Crippen LogP contribution in [0.2, 0.25) is 0 Å². The van der Waals surface area contributed by atoms with Crippen molar-refractivity contribution >= 4 is 22.9 Å². The highest BCUT2D eigenvalue weighted by molar-refractivity contribution is 7.07. The van der Waals surface area contributed by atoms with Gasteiger partial charge < -0.3 is 10.2 Å². The molecular formula is C17H19FN2OS. The molecule has 0 saturated carbocycles. The fraction of sp³-hybridized carbons (Fsp3) is 0.353. The zero-order valence-electron chi connectivity index (χ0n) is 12.3. The Balaban J connectivity index is 1.45. The normalized spacial score (nSPS) is 17.7. The third-order valence-corrected chi connectivity index (χ3v) is 4.74. The molecule has 5 heteroatoms. The quantitative estimate of drug-likeness (QED) is 0.919. The summed E-state index contributed by atoms with van der Waals surface area (Å²) in [5.74, 6) is 0.329. The van der Waals surface area contributed by atoms with E-state index in [1.165, 1.54) is 12.1 Å². The van der Waals surface area contributed by atoms with Crippen LogP contribution in [0.25, 0.3) is 0 Å². The fourth-order valence-electron chi connectivity index (χ4n) is 2.78. The molecule has 3 nitrogen and oxygen atoms in total. The molecule has 2 heterocycles. The van der Waals surface area contributed by atoms with Gasteiger partial charge in [-0.1, -0.05) is 0 Å². The van der Waals surface area contributed by atoms with Crippen LogP contribution in [0.1, 0.15) is 12.0 Å². The molecule has 0 radical (unpaired) electrons. The van der Waals surface area contributed by atoms with Gasteiger partial charge in [0.15, 0.2) is 0 Å². The van der Waals surface area contributed by atoms with Gasteiger partial charge in [-0.25, -0.2) is 4.39 Å². The Morgan fingerprint density at radius 2 is 2.14 bits per heavy atom. The van der Waals surface area contributed by atoms with E-state index in [1.807, 2.05) is 29.0 Å². The minimum absolute atomic E-state index is 0.0821. The Hall–Kier alpha value is -1.88. The summed E-state index contributed by atoms with van der Waals surface area (Å²) in [6.45, 7) is 2.57. The van der Waals surface area contributed by atoms with Gasteiger partial charge in [0.1, 0.15) is 5.82 Å². The van der Waals surface area contributed by atoms with E-state index in [0.717, 1.165) is 30.8 Å². The summed E-state index contributed by atoms with van der Waals surface area (Å²) in [4.78, 5) is 14.1. The van der Waals surface area contributed by atoms with Crippen molar-refractivity contribution in [2.75, 3.05) is 24.5 Å². The molecule has 1 saturated heterocycles. The predicted molar refractivity (Wildman–Crippen MR) is 87.8 cm³/mol. The van der Waals surface area contributed by atoms with Crippen molar-refractivity contribution in [1.29, 1.82) is 0 Å². The van der Waals surface area contributed by atoms with Gasteiger partial charge in [0.2, 0.25) is 5.91 Å². The molecule has 116 valence electrons. The number of nitrogens with zero attached hydrogens (tertiary/aromatic N) is 1. The highest BCUT2D eigenvalue weighted by atomic mass is 32.1. The second kappa shape index (κ2) is 6.92. The minimum Gasteiger partial charge on any atom is -0.371 e. The van der Waals surface area contributed by atoms with Crippen LogP contribution in [0, 0.1) is 11.7 Å². The smallest absolute Gasteiger partial charge is 0.224 e. The third-order valence-electron chi connectivity index (χ3n) is 4.01. The van der Waals surface area contributed by atoms with Crippen molar-refractivity contribution in [3.63, 3.8) is 0 Å². The second-order valence-electron chi connectivity index (χ2n) is 5.69. The largest absolute Gasteiger partial charge is 0.371 e. The summed E-state index contributed by atoms with van der Waals surface area (Å²) in [6, 6.07) is 8.59. The van der Waals surface area contributed by atoms with Gasteiger partial charge >= 0.3 is 0 Å². The molecule has 1 aromatic carbocycles.